The predicted molar refractivity (Wildman–Crippen MR) is 51.0 cm³/mol. The van der Waals surface area contributed by atoms with Crippen molar-refractivity contribution in [2.24, 2.45) is 5.73 Å². The lowest BCUT2D eigenvalue weighted by Gasteiger charge is -2.20. The van der Waals surface area contributed by atoms with Gasteiger partial charge in [0.25, 0.3) is 0 Å². The number of allylic oxidation sites excluding steroid dienone is 1. The highest BCUT2D eigenvalue weighted by Crippen LogP contribution is 2.16. The smallest absolute Gasteiger partial charge is 0.0691 e. The summed E-state index contributed by atoms with van der Waals surface area (Å²) < 4.78 is 5.44. The molecule has 0 heterocycles. The maximum atomic E-state index is 5.91. The lowest BCUT2D eigenvalue weighted by Crippen LogP contribution is -2.27. The van der Waals surface area contributed by atoms with Crippen LogP contribution in [0.15, 0.2) is 11.6 Å². The van der Waals surface area contributed by atoms with Crippen molar-refractivity contribution >= 4 is 0 Å². The molecule has 0 radical (unpaired) electrons. The number of nitrogens with two attached hydrogens (primary N) is 1. The summed E-state index contributed by atoms with van der Waals surface area (Å²) in [5.74, 6) is 0. The Morgan fingerprint density at radius 1 is 1.67 bits per heavy atom. The van der Waals surface area contributed by atoms with Gasteiger partial charge in [-0.2, -0.15) is 0 Å². The van der Waals surface area contributed by atoms with E-state index in [1.54, 1.807) is 0 Å². The minimum Gasteiger partial charge on any atom is -0.377 e. The zero-order valence-electron chi connectivity index (χ0n) is 7.88. The molecular weight excluding hydrogens is 150 g/mol. The molecule has 12 heavy (non-hydrogen) atoms. The largest absolute Gasteiger partial charge is 0.377 e. The molecule has 0 spiro atoms. The van der Waals surface area contributed by atoms with Crippen molar-refractivity contribution in [3.8, 4) is 0 Å². The SMILES string of the molecule is CCCOCC1=CCCCC1N. The topological polar surface area (TPSA) is 35.2 Å². The second kappa shape index (κ2) is 5.33. The Kier molecular flexibility index (Phi) is 4.33. The first-order chi connectivity index (χ1) is 5.84. The van der Waals surface area contributed by atoms with E-state index in [0.717, 1.165) is 26.1 Å². The first-order valence-electron chi connectivity index (χ1n) is 4.87. The van der Waals surface area contributed by atoms with Crippen LogP contribution in [0.5, 0.6) is 0 Å². The van der Waals surface area contributed by atoms with Gasteiger partial charge in [0.1, 0.15) is 0 Å². The van der Waals surface area contributed by atoms with Crippen LogP contribution in [0.1, 0.15) is 32.6 Å². The molecule has 0 bridgehead atoms. The molecule has 0 aromatic carbocycles. The first kappa shape index (κ1) is 9.75. The van der Waals surface area contributed by atoms with E-state index < -0.39 is 0 Å². The summed E-state index contributed by atoms with van der Waals surface area (Å²) in [6.07, 6.45) is 6.87. The molecule has 1 atom stereocenters. The normalized spacial score (nSPS) is 23.8. The lowest BCUT2D eigenvalue weighted by atomic mass is 9.95. The van der Waals surface area contributed by atoms with Crippen LogP contribution in [-0.2, 0) is 4.74 Å². The number of ether oxygens (including phenoxy) is 1. The van der Waals surface area contributed by atoms with Gasteiger partial charge >= 0.3 is 0 Å². The third-order valence-electron chi connectivity index (χ3n) is 2.22. The fraction of sp³-hybridized carbons (Fsp3) is 0.800. The zero-order chi connectivity index (χ0) is 8.81. The second-order valence-electron chi connectivity index (χ2n) is 3.37. The maximum absolute atomic E-state index is 5.91. The van der Waals surface area contributed by atoms with E-state index in [9.17, 15) is 0 Å². The Bertz CT molecular complexity index is 154. The molecule has 1 aliphatic rings. The molecule has 70 valence electrons. The standard InChI is InChI=1S/C10H19NO/c1-2-7-12-8-9-5-3-4-6-10(9)11/h5,10H,2-4,6-8,11H2,1H3. The first-order valence-corrected chi connectivity index (χ1v) is 4.87. The van der Waals surface area contributed by atoms with Crippen molar-refractivity contribution in [2.45, 2.75) is 38.6 Å². The van der Waals surface area contributed by atoms with Crippen molar-refractivity contribution in [3.05, 3.63) is 11.6 Å². The highest BCUT2D eigenvalue weighted by molar-refractivity contribution is 5.13. The van der Waals surface area contributed by atoms with Gasteiger partial charge in [-0.15, -0.1) is 0 Å². The molecule has 0 saturated heterocycles. The highest BCUT2D eigenvalue weighted by Gasteiger charge is 2.12. The summed E-state index contributed by atoms with van der Waals surface area (Å²) in [4.78, 5) is 0. The molecule has 2 nitrogen and oxygen atoms in total. The third kappa shape index (κ3) is 2.95. The molecule has 1 unspecified atom stereocenters. The number of rotatable bonds is 4. The number of hydrogen-bond donors (Lipinski definition) is 1. The fourth-order valence-electron chi connectivity index (χ4n) is 1.46. The Balaban J connectivity index is 2.24. The quantitative estimate of drug-likeness (QED) is 0.515. The van der Waals surface area contributed by atoms with Gasteiger partial charge in [-0.05, 0) is 31.3 Å². The average molecular weight is 169 g/mol. The van der Waals surface area contributed by atoms with Crippen molar-refractivity contribution in [3.63, 3.8) is 0 Å². The summed E-state index contributed by atoms with van der Waals surface area (Å²) >= 11 is 0. The molecular formula is C10H19NO. The van der Waals surface area contributed by atoms with Gasteiger partial charge in [0.05, 0.1) is 6.61 Å². The van der Waals surface area contributed by atoms with E-state index in [0.29, 0.717) is 0 Å². The van der Waals surface area contributed by atoms with Gasteiger partial charge < -0.3 is 10.5 Å². The summed E-state index contributed by atoms with van der Waals surface area (Å²) in [7, 11) is 0. The Morgan fingerprint density at radius 2 is 2.50 bits per heavy atom. The van der Waals surface area contributed by atoms with Gasteiger partial charge in [0.2, 0.25) is 0 Å². The molecule has 0 saturated carbocycles. The van der Waals surface area contributed by atoms with Crippen LogP contribution in [0.2, 0.25) is 0 Å². The van der Waals surface area contributed by atoms with Crippen molar-refractivity contribution in [1.29, 1.82) is 0 Å². The molecule has 0 aromatic rings. The van der Waals surface area contributed by atoms with Crippen molar-refractivity contribution < 1.29 is 4.74 Å². The minimum atomic E-state index is 0.260. The predicted octanol–water partition coefficient (Wildman–Crippen LogP) is 1.85. The van der Waals surface area contributed by atoms with Gasteiger partial charge in [-0.3, -0.25) is 0 Å². The van der Waals surface area contributed by atoms with E-state index in [2.05, 4.69) is 13.0 Å². The van der Waals surface area contributed by atoms with Crippen LogP contribution in [0.25, 0.3) is 0 Å². The molecule has 2 heteroatoms. The summed E-state index contributed by atoms with van der Waals surface area (Å²) in [5.41, 5.74) is 7.21. The van der Waals surface area contributed by atoms with E-state index in [1.807, 2.05) is 0 Å². The lowest BCUT2D eigenvalue weighted by molar-refractivity contribution is 0.152. The van der Waals surface area contributed by atoms with Crippen LogP contribution in [0.3, 0.4) is 0 Å². The van der Waals surface area contributed by atoms with Gasteiger partial charge in [-0.25, -0.2) is 0 Å². The van der Waals surface area contributed by atoms with E-state index in [4.69, 9.17) is 10.5 Å². The fourth-order valence-corrected chi connectivity index (χ4v) is 1.46. The second-order valence-corrected chi connectivity index (χ2v) is 3.37. The van der Waals surface area contributed by atoms with Crippen LogP contribution in [-0.4, -0.2) is 19.3 Å². The van der Waals surface area contributed by atoms with Crippen molar-refractivity contribution in [1.82, 2.24) is 0 Å². The van der Waals surface area contributed by atoms with Gasteiger partial charge in [-0.1, -0.05) is 13.0 Å². The summed E-state index contributed by atoms with van der Waals surface area (Å²) in [6, 6.07) is 0.260. The number of hydrogen-bond acceptors (Lipinski definition) is 2. The highest BCUT2D eigenvalue weighted by atomic mass is 16.5. The molecule has 0 amide bonds. The third-order valence-corrected chi connectivity index (χ3v) is 2.22. The Morgan fingerprint density at radius 3 is 3.17 bits per heavy atom. The molecule has 0 fully saturated rings. The molecule has 2 N–H and O–H groups in total. The zero-order valence-corrected chi connectivity index (χ0v) is 7.88. The Hall–Kier alpha value is -0.340. The van der Waals surface area contributed by atoms with Crippen LogP contribution < -0.4 is 5.73 Å². The molecule has 1 aliphatic carbocycles. The van der Waals surface area contributed by atoms with Crippen LogP contribution >= 0.6 is 0 Å². The van der Waals surface area contributed by atoms with Gasteiger partial charge in [0.15, 0.2) is 0 Å². The monoisotopic (exact) mass is 169 g/mol. The maximum Gasteiger partial charge on any atom is 0.0691 e. The van der Waals surface area contributed by atoms with Crippen LogP contribution in [0.4, 0.5) is 0 Å². The van der Waals surface area contributed by atoms with Gasteiger partial charge in [0, 0.05) is 12.6 Å². The average Bonchev–Trinajstić information content (AvgIpc) is 2.09. The minimum absolute atomic E-state index is 0.260. The Labute approximate surface area is 74.8 Å². The van der Waals surface area contributed by atoms with Crippen molar-refractivity contribution in [2.75, 3.05) is 13.2 Å². The van der Waals surface area contributed by atoms with E-state index in [1.165, 1.54) is 18.4 Å². The summed E-state index contributed by atoms with van der Waals surface area (Å²) in [6.45, 7) is 3.72. The molecule has 0 aliphatic heterocycles. The van der Waals surface area contributed by atoms with Crippen LogP contribution in [0, 0.1) is 0 Å². The van der Waals surface area contributed by atoms with E-state index in [-0.39, 0.29) is 6.04 Å². The molecule has 1 rings (SSSR count). The molecule has 0 aromatic heterocycles. The summed E-state index contributed by atoms with van der Waals surface area (Å²) in [5, 5.41) is 0. The van der Waals surface area contributed by atoms with E-state index >= 15 is 0 Å².